The number of thioether (sulfide) groups is 1. The molecule has 0 spiro atoms. The summed E-state index contributed by atoms with van der Waals surface area (Å²) in [5.41, 5.74) is 2.25. The van der Waals surface area contributed by atoms with Gasteiger partial charge in [-0.1, -0.05) is 49.4 Å². The van der Waals surface area contributed by atoms with Crippen molar-refractivity contribution in [3.63, 3.8) is 0 Å². The first-order valence-electron chi connectivity index (χ1n) is 8.94. The number of hydrogen-bond donors (Lipinski definition) is 1. The lowest BCUT2D eigenvalue weighted by Crippen LogP contribution is -2.37. The Balaban J connectivity index is 2.15. The molecule has 1 N–H and O–H groups in total. The second kappa shape index (κ2) is 9.04. The molecule has 25 heavy (non-hydrogen) atoms. The van der Waals surface area contributed by atoms with Crippen molar-refractivity contribution in [2.24, 2.45) is 0 Å². The first kappa shape index (κ1) is 19.5. The fourth-order valence-electron chi connectivity index (χ4n) is 2.76. The molecule has 1 heterocycles. The Bertz CT molecular complexity index is 713. The Morgan fingerprint density at radius 1 is 1.24 bits per heavy atom. The maximum atomic E-state index is 12.4. The first-order valence-corrected chi connectivity index (χ1v) is 9.82. The van der Waals surface area contributed by atoms with E-state index in [1.165, 1.54) is 17.3 Å². The fraction of sp³-hybridized carbons (Fsp3) is 0.526. The molecule has 0 aliphatic heterocycles. The first-order chi connectivity index (χ1) is 12.0. The van der Waals surface area contributed by atoms with Crippen LogP contribution in [0.25, 0.3) is 11.4 Å². The number of hydrogen-bond acceptors (Lipinski definition) is 4. The van der Waals surface area contributed by atoms with E-state index in [4.69, 9.17) is 0 Å². The van der Waals surface area contributed by atoms with Gasteiger partial charge in [0.2, 0.25) is 5.91 Å². The van der Waals surface area contributed by atoms with Gasteiger partial charge in [-0.2, -0.15) is 0 Å². The zero-order valence-electron chi connectivity index (χ0n) is 15.7. The molecular weight excluding hydrogens is 332 g/mol. The van der Waals surface area contributed by atoms with Crippen LogP contribution in [0.2, 0.25) is 0 Å². The highest BCUT2D eigenvalue weighted by atomic mass is 32.2. The predicted octanol–water partition coefficient (Wildman–Crippen LogP) is 4.06. The Labute approximate surface area is 154 Å². The lowest BCUT2D eigenvalue weighted by atomic mass is 10.1. The Kier molecular flexibility index (Phi) is 7.05. The molecule has 1 aromatic heterocycles. The molecule has 0 fully saturated rings. The smallest absolute Gasteiger partial charge is 0.233 e. The molecule has 2 rings (SSSR count). The van der Waals surface area contributed by atoms with Gasteiger partial charge >= 0.3 is 0 Å². The van der Waals surface area contributed by atoms with Gasteiger partial charge in [-0.3, -0.25) is 4.79 Å². The highest BCUT2D eigenvalue weighted by molar-refractivity contribution is 8.00. The lowest BCUT2D eigenvalue weighted by molar-refractivity contribution is -0.120. The Hall–Kier alpha value is -1.82. The van der Waals surface area contributed by atoms with Crippen molar-refractivity contribution in [1.82, 2.24) is 20.1 Å². The molecule has 2 atom stereocenters. The minimum absolute atomic E-state index is 0.0500. The SMILES string of the molecule is CCCC(C)NC(=O)C(C)Sc1nnc(-c2ccccc2C)n1CC. The van der Waals surface area contributed by atoms with Gasteiger partial charge in [-0.15, -0.1) is 10.2 Å². The van der Waals surface area contributed by atoms with Crippen LogP contribution in [-0.2, 0) is 11.3 Å². The van der Waals surface area contributed by atoms with Crippen LogP contribution in [0.15, 0.2) is 29.4 Å². The normalized spacial score (nSPS) is 13.5. The van der Waals surface area contributed by atoms with Crippen molar-refractivity contribution in [2.75, 3.05) is 0 Å². The van der Waals surface area contributed by atoms with E-state index in [1.54, 1.807) is 0 Å². The summed E-state index contributed by atoms with van der Waals surface area (Å²) in [5.74, 6) is 0.907. The summed E-state index contributed by atoms with van der Waals surface area (Å²) in [6.07, 6.45) is 2.05. The molecule has 1 amide bonds. The average Bonchev–Trinajstić information content (AvgIpc) is 2.97. The van der Waals surface area contributed by atoms with E-state index in [9.17, 15) is 4.79 Å². The second-order valence-electron chi connectivity index (χ2n) is 6.32. The van der Waals surface area contributed by atoms with Gasteiger partial charge in [0.15, 0.2) is 11.0 Å². The van der Waals surface area contributed by atoms with Gasteiger partial charge in [-0.05, 0) is 39.7 Å². The third-order valence-electron chi connectivity index (χ3n) is 4.18. The molecule has 0 bridgehead atoms. The van der Waals surface area contributed by atoms with Crippen LogP contribution in [0.5, 0.6) is 0 Å². The van der Waals surface area contributed by atoms with Gasteiger partial charge in [0.05, 0.1) is 5.25 Å². The quantitative estimate of drug-likeness (QED) is 0.721. The van der Waals surface area contributed by atoms with Crippen molar-refractivity contribution in [3.8, 4) is 11.4 Å². The third kappa shape index (κ3) is 4.84. The molecule has 0 aliphatic rings. The number of aryl methyl sites for hydroxylation is 1. The number of nitrogens with zero attached hydrogens (tertiary/aromatic N) is 3. The Morgan fingerprint density at radius 3 is 2.60 bits per heavy atom. The highest BCUT2D eigenvalue weighted by Crippen LogP contribution is 2.28. The molecule has 0 saturated carbocycles. The number of carbonyl (C=O) groups is 1. The number of rotatable bonds is 8. The minimum Gasteiger partial charge on any atom is -0.353 e. The van der Waals surface area contributed by atoms with E-state index in [0.29, 0.717) is 0 Å². The van der Waals surface area contributed by atoms with Gasteiger partial charge in [0, 0.05) is 18.2 Å². The molecule has 0 saturated heterocycles. The second-order valence-corrected chi connectivity index (χ2v) is 7.63. The van der Waals surface area contributed by atoms with Crippen molar-refractivity contribution in [3.05, 3.63) is 29.8 Å². The predicted molar refractivity (Wildman–Crippen MR) is 104 cm³/mol. The van der Waals surface area contributed by atoms with Crippen LogP contribution < -0.4 is 5.32 Å². The maximum Gasteiger partial charge on any atom is 0.233 e. The van der Waals surface area contributed by atoms with Crippen molar-refractivity contribution < 1.29 is 4.79 Å². The topological polar surface area (TPSA) is 59.8 Å². The van der Waals surface area contributed by atoms with Crippen molar-refractivity contribution >= 4 is 17.7 Å². The van der Waals surface area contributed by atoms with Crippen LogP contribution in [-0.4, -0.2) is 32.0 Å². The van der Waals surface area contributed by atoms with Gasteiger partial charge in [0.1, 0.15) is 0 Å². The van der Waals surface area contributed by atoms with E-state index >= 15 is 0 Å². The monoisotopic (exact) mass is 360 g/mol. The molecular formula is C19H28N4OS. The van der Waals surface area contributed by atoms with Crippen LogP contribution in [0.1, 0.15) is 46.1 Å². The van der Waals surface area contributed by atoms with E-state index in [0.717, 1.165) is 35.9 Å². The third-order valence-corrected chi connectivity index (χ3v) is 5.26. The maximum absolute atomic E-state index is 12.4. The summed E-state index contributed by atoms with van der Waals surface area (Å²) in [7, 11) is 0. The zero-order valence-corrected chi connectivity index (χ0v) is 16.6. The van der Waals surface area contributed by atoms with E-state index in [1.807, 2.05) is 26.0 Å². The fourth-order valence-corrected chi connectivity index (χ4v) is 3.68. The van der Waals surface area contributed by atoms with Crippen LogP contribution in [0.4, 0.5) is 0 Å². The Morgan fingerprint density at radius 2 is 1.96 bits per heavy atom. The molecule has 1 aromatic carbocycles. The summed E-state index contributed by atoms with van der Waals surface area (Å²) in [6, 6.07) is 8.36. The standard InChI is InChI=1S/C19H28N4OS/c1-6-10-14(4)20-18(24)15(5)25-19-22-21-17(23(19)7-2)16-12-9-8-11-13(16)3/h8-9,11-12,14-15H,6-7,10H2,1-5H3,(H,20,24). The minimum atomic E-state index is -0.210. The van der Waals surface area contributed by atoms with Gasteiger partial charge < -0.3 is 9.88 Å². The molecule has 5 nitrogen and oxygen atoms in total. The largest absolute Gasteiger partial charge is 0.353 e. The zero-order chi connectivity index (χ0) is 18.4. The molecule has 0 radical (unpaired) electrons. The summed E-state index contributed by atoms with van der Waals surface area (Å²) in [6.45, 7) is 11.0. The van der Waals surface area contributed by atoms with Crippen molar-refractivity contribution in [2.45, 2.75) is 70.5 Å². The lowest BCUT2D eigenvalue weighted by Gasteiger charge is -2.17. The summed E-state index contributed by atoms with van der Waals surface area (Å²) in [4.78, 5) is 12.4. The van der Waals surface area contributed by atoms with Crippen molar-refractivity contribution in [1.29, 1.82) is 0 Å². The average molecular weight is 361 g/mol. The highest BCUT2D eigenvalue weighted by Gasteiger charge is 2.21. The van der Waals surface area contributed by atoms with Gasteiger partial charge in [-0.25, -0.2) is 0 Å². The number of nitrogens with one attached hydrogen (secondary N) is 1. The van der Waals surface area contributed by atoms with Gasteiger partial charge in [0.25, 0.3) is 0 Å². The molecule has 2 aromatic rings. The summed E-state index contributed by atoms with van der Waals surface area (Å²) < 4.78 is 2.08. The summed E-state index contributed by atoms with van der Waals surface area (Å²) in [5, 5.41) is 12.4. The number of carbonyl (C=O) groups excluding carboxylic acids is 1. The molecule has 6 heteroatoms. The molecule has 0 aliphatic carbocycles. The van der Waals surface area contributed by atoms with E-state index in [-0.39, 0.29) is 17.2 Å². The molecule has 136 valence electrons. The van der Waals surface area contributed by atoms with E-state index in [2.05, 4.69) is 53.0 Å². The number of benzene rings is 1. The van der Waals surface area contributed by atoms with Crippen LogP contribution in [0.3, 0.4) is 0 Å². The number of amides is 1. The van der Waals surface area contributed by atoms with Crippen LogP contribution in [0, 0.1) is 6.92 Å². The van der Waals surface area contributed by atoms with Crippen LogP contribution >= 0.6 is 11.8 Å². The number of aromatic nitrogens is 3. The summed E-state index contributed by atoms with van der Waals surface area (Å²) >= 11 is 1.46. The molecule has 2 unspecified atom stereocenters. The van der Waals surface area contributed by atoms with E-state index < -0.39 is 0 Å².